The molecule has 1 aromatic heterocycles. The summed E-state index contributed by atoms with van der Waals surface area (Å²) >= 11 is 1.41. The lowest BCUT2D eigenvalue weighted by molar-refractivity contribution is -0.180. The van der Waals surface area contributed by atoms with Crippen molar-refractivity contribution >= 4 is 11.8 Å². The summed E-state index contributed by atoms with van der Waals surface area (Å²) in [5, 5.41) is 15.0. The highest BCUT2D eigenvalue weighted by Crippen LogP contribution is 2.39. The molecule has 1 saturated heterocycles. The second kappa shape index (κ2) is 9.44. The van der Waals surface area contributed by atoms with Gasteiger partial charge in [0.15, 0.2) is 6.29 Å². The first-order chi connectivity index (χ1) is 15.0. The maximum atomic E-state index is 14.6. The minimum Gasteiger partial charge on any atom is -0.382 e. The van der Waals surface area contributed by atoms with Crippen molar-refractivity contribution in [2.75, 3.05) is 13.2 Å². The molecule has 2 aromatic carbocycles. The topological polar surface area (TPSA) is 69.4 Å². The number of aliphatic hydroxyl groups is 1. The van der Waals surface area contributed by atoms with Gasteiger partial charge in [-0.1, -0.05) is 37.3 Å². The van der Waals surface area contributed by atoms with Gasteiger partial charge in [0, 0.05) is 16.4 Å². The summed E-state index contributed by atoms with van der Waals surface area (Å²) in [5.74, 6) is -1.31. The van der Waals surface area contributed by atoms with Gasteiger partial charge in [0.05, 0.1) is 25.0 Å². The van der Waals surface area contributed by atoms with E-state index in [1.54, 1.807) is 6.92 Å². The molecule has 2 heterocycles. The van der Waals surface area contributed by atoms with Gasteiger partial charge >= 0.3 is 0 Å². The van der Waals surface area contributed by atoms with E-state index in [1.165, 1.54) is 29.1 Å². The van der Waals surface area contributed by atoms with Gasteiger partial charge in [-0.15, -0.1) is 11.8 Å². The number of hydrogen-bond donors (Lipinski definition) is 1. The third kappa shape index (κ3) is 4.95. The van der Waals surface area contributed by atoms with E-state index in [0.29, 0.717) is 13.2 Å². The highest BCUT2D eigenvalue weighted by molar-refractivity contribution is 8.00. The lowest BCUT2D eigenvalue weighted by Gasteiger charge is -2.37. The molecule has 0 spiro atoms. The van der Waals surface area contributed by atoms with Crippen molar-refractivity contribution in [1.29, 1.82) is 0 Å². The van der Waals surface area contributed by atoms with Crippen molar-refractivity contribution in [3.63, 3.8) is 0 Å². The quantitative estimate of drug-likeness (QED) is 0.596. The van der Waals surface area contributed by atoms with Crippen LogP contribution in [-0.2, 0) is 21.6 Å². The zero-order valence-electron chi connectivity index (χ0n) is 16.9. The Bertz CT molecular complexity index is 985. The Hall–Kier alpha value is -2.33. The van der Waals surface area contributed by atoms with Crippen LogP contribution in [0.25, 0.3) is 0 Å². The molecule has 31 heavy (non-hydrogen) atoms. The molecule has 1 aliphatic heterocycles. The van der Waals surface area contributed by atoms with Crippen LogP contribution >= 0.6 is 11.8 Å². The van der Waals surface area contributed by atoms with E-state index in [4.69, 9.17) is 9.47 Å². The first-order valence-corrected chi connectivity index (χ1v) is 10.8. The Labute approximate surface area is 183 Å². The fourth-order valence-electron chi connectivity index (χ4n) is 3.59. The van der Waals surface area contributed by atoms with E-state index in [-0.39, 0.29) is 17.4 Å². The van der Waals surface area contributed by atoms with Crippen LogP contribution in [0.2, 0.25) is 0 Å². The molecular formula is C22H23F2N3O3S. The van der Waals surface area contributed by atoms with E-state index < -0.39 is 28.8 Å². The Morgan fingerprint density at radius 2 is 1.94 bits per heavy atom. The normalized spacial score (nSPS) is 22.1. The highest BCUT2D eigenvalue weighted by Gasteiger charge is 2.41. The number of ether oxygens (including phenoxy) is 2. The van der Waals surface area contributed by atoms with Crippen LogP contribution in [-0.4, -0.2) is 43.6 Å². The third-order valence-corrected chi connectivity index (χ3v) is 6.73. The Morgan fingerprint density at radius 3 is 2.61 bits per heavy atom. The molecule has 0 unspecified atom stereocenters. The van der Waals surface area contributed by atoms with E-state index in [0.717, 1.165) is 23.8 Å². The van der Waals surface area contributed by atoms with Gasteiger partial charge in [-0.25, -0.2) is 18.4 Å². The average Bonchev–Trinajstić information content (AvgIpc) is 3.29. The number of halogens is 2. The summed E-state index contributed by atoms with van der Waals surface area (Å²) in [7, 11) is 0. The summed E-state index contributed by atoms with van der Waals surface area (Å²) in [6.45, 7) is 2.50. The van der Waals surface area contributed by atoms with Crippen molar-refractivity contribution in [3.05, 3.63) is 83.9 Å². The Balaban J connectivity index is 1.50. The standard InChI is InChI=1S/C22H23F2N3O3S/c1-15(31-18-10-29-21(30-11-18)16-5-3-2-4-6-16)22(28,12-27-14-25-13-26-27)19-9-17(23)7-8-20(19)24/h2-9,13-15,18,21,28H,10-12H2,1H3/t15-,18-,21-,22-/m1/s1. The number of hydrogen-bond acceptors (Lipinski definition) is 6. The molecule has 164 valence electrons. The van der Waals surface area contributed by atoms with Gasteiger partial charge in [-0.2, -0.15) is 5.10 Å². The summed E-state index contributed by atoms with van der Waals surface area (Å²) < 4.78 is 41.7. The number of benzene rings is 2. The van der Waals surface area contributed by atoms with Gasteiger partial charge in [-0.05, 0) is 18.2 Å². The predicted octanol–water partition coefficient (Wildman–Crippen LogP) is 3.68. The van der Waals surface area contributed by atoms with E-state index in [2.05, 4.69) is 10.1 Å². The van der Waals surface area contributed by atoms with Gasteiger partial charge in [-0.3, -0.25) is 0 Å². The molecule has 4 rings (SSSR count). The summed E-state index contributed by atoms with van der Waals surface area (Å²) in [6, 6.07) is 12.7. The van der Waals surface area contributed by atoms with Crippen molar-refractivity contribution < 1.29 is 23.4 Å². The first-order valence-electron chi connectivity index (χ1n) is 9.89. The fourth-order valence-corrected chi connectivity index (χ4v) is 4.91. The number of rotatable bonds is 7. The molecule has 1 aliphatic rings. The van der Waals surface area contributed by atoms with E-state index in [1.807, 2.05) is 30.3 Å². The molecule has 2 atom stereocenters. The number of thioether (sulfide) groups is 1. The lowest BCUT2D eigenvalue weighted by Crippen LogP contribution is -2.43. The minimum atomic E-state index is -1.74. The van der Waals surface area contributed by atoms with Crippen LogP contribution in [0, 0.1) is 11.6 Å². The predicted molar refractivity (Wildman–Crippen MR) is 112 cm³/mol. The van der Waals surface area contributed by atoms with Gasteiger partial charge in [0.25, 0.3) is 0 Å². The second-order valence-corrected chi connectivity index (χ2v) is 9.10. The van der Waals surface area contributed by atoms with Crippen LogP contribution in [0.1, 0.15) is 24.3 Å². The number of aromatic nitrogens is 3. The molecule has 1 fully saturated rings. The molecule has 0 saturated carbocycles. The van der Waals surface area contributed by atoms with Crippen LogP contribution in [0.15, 0.2) is 61.2 Å². The molecular weight excluding hydrogens is 424 g/mol. The van der Waals surface area contributed by atoms with Crippen LogP contribution < -0.4 is 0 Å². The number of nitrogens with zero attached hydrogens (tertiary/aromatic N) is 3. The molecule has 0 radical (unpaired) electrons. The van der Waals surface area contributed by atoms with Crippen molar-refractivity contribution in [1.82, 2.24) is 14.8 Å². The van der Waals surface area contributed by atoms with E-state index in [9.17, 15) is 13.9 Å². The summed E-state index contributed by atoms with van der Waals surface area (Å²) in [5.41, 5.74) is -0.924. The molecule has 6 nitrogen and oxygen atoms in total. The summed E-state index contributed by atoms with van der Waals surface area (Å²) in [6.07, 6.45) is 2.31. The first kappa shape index (κ1) is 21.9. The molecule has 0 amide bonds. The smallest absolute Gasteiger partial charge is 0.183 e. The highest BCUT2D eigenvalue weighted by atomic mass is 32.2. The molecule has 0 aliphatic carbocycles. The Kier molecular flexibility index (Phi) is 6.66. The minimum absolute atomic E-state index is 0.0807. The van der Waals surface area contributed by atoms with Crippen LogP contribution in [0.3, 0.4) is 0 Å². The van der Waals surface area contributed by atoms with Gasteiger partial charge < -0.3 is 14.6 Å². The molecule has 0 bridgehead atoms. The van der Waals surface area contributed by atoms with Crippen molar-refractivity contribution in [3.8, 4) is 0 Å². The average molecular weight is 448 g/mol. The molecule has 1 N–H and O–H groups in total. The zero-order chi connectivity index (χ0) is 21.8. The van der Waals surface area contributed by atoms with Crippen molar-refractivity contribution in [2.45, 2.75) is 35.9 Å². The second-order valence-electron chi connectivity index (χ2n) is 7.45. The fraction of sp³-hybridized carbons (Fsp3) is 0.364. The van der Waals surface area contributed by atoms with Crippen molar-refractivity contribution in [2.24, 2.45) is 0 Å². The van der Waals surface area contributed by atoms with Crippen LogP contribution in [0.5, 0.6) is 0 Å². The van der Waals surface area contributed by atoms with Gasteiger partial charge in [0.2, 0.25) is 0 Å². The third-order valence-electron chi connectivity index (χ3n) is 5.27. The largest absolute Gasteiger partial charge is 0.382 e. The lowest BCUT2D eigenvalue weighted by atomic mass is 9.90. The maximum Gasteiger partial charge on any atom is 0.183 e. The Morgan fingerprint density at radius 1 is 1.19 bits per heavy atom. The summed E-state index contributed by atoms with van der Waals surface area (Å²) in [4.78, 5) is 3.88. The zero-order valence-corrected chi connectivity index (χ0v) is 17.7. The van der Waals surface area contributed by atoms with Crippen LogP contribution in [0.4, 0.5) is 8.78 Å². The monoisotopic (exact) mass is 447 g/mol. The SMILES string of the molecule is C[C@@H](S[C@H]1CO[C@H](c2ccccc2)OC1)[C@](O)(Cn1cncn1)c1cc(F)ccc1F. The molecule has 9 heteroatoms. The molecule has 3 aromatic rings. The maximum absolute atomic E-state index is 14.6. The van der Waals surface area contributed by atoms with Gasteiger partial charge in [0.1, 0.15) is 29.9 Å². The van der Waals surface area contributed by atoms with E-state index >= 15 is 0 Å².